The fourth-order valence-electron chi connectivity index (χ4n) is 2.13. The van der Waals surface area contributed by atoms with Crippen molar-refractivity contribution < 1.29 is 25.5 Å². The van der Waals surface area contributed by atoms with E-state index in [1.54, 1.807) is 6.92 Å². The molecule has 118 valence electrons. The third-order valence-electron chi connectivity index (χ3n) is 3.35. The number of aromatic hydroxyl groups is 4. The van der Waals surface area contributed by atoms with E-state index in [-0.39, 0.29) is 38.6 Å². The standard InChI is InChI=1S/C14H11Br3O5/c1-4-6(3-18)8(10(16)14(22)12(4)20)5-2-7(19)13(21)11(17)9(5)15/h2,18-22H,3H2,1H3. The molecule has 0 bridgehead atoms. The van der Waals surface area contributed by atoms with Gasteiger partial charge >= 0.3 is 0 Å². The number of benzene rings is 2. The predicted molar refractivity (Wildman–Crippen MR) is 92.3 cm³/mol. The smallest absolute Gasteiger partial charge is 0.173 e. The fraction of sp³-hybridized carbons (Fsp3) is 0.143. The minimum absolute atomic E-state index is 0.164. The van der Waals surface area contributed by atoms with Crippen molar-refractivity contribution in [3.63, 3.8) is 0 Å². The first-order valence-corrected chi connectivity index (χ1v) is 8.34. The van der Waals surface area contributed by atoms with Crippen LogP contribution in [0.1, 0.15) is 11.1 Å². The quantitative estimate of drug-likeness (QED) is 0.398. The molecule has 5 N–H and O–H groups in total. The Balaban J connectivity index is 2.96. The zero-order valence-corrected chi connectivity index (χ0v) is 15.9. The van der Waals surface area contributed by atoms with E-state index in [1.807, 2.05) is 0 Å². The van der Waals surface area contributed by atoms with E-state index >= 15 is 0 Å². The predicted octanol–water partition coefficient (Wildman–Crippen LogP) is 4.26. The molecule has 0 radical (unpaired) electrons. The van der Waals surface area contributed by atoms with Crippen LogP contribution < -0.4 is 0 Å². The summed E-state index contributed by atoms with van der Waals surface area (Å²) in [6, 6.07) is 1.29. The van der Waals surface area contributed by atoms with Gasteiger partial charge in [-0.25, -0.2) is 0 Å². The number of halogens is 3. The molecule has 0 aromatic heterocycles. The molecule has 0 saturated heterocycles. The average molecular weight is 499 g/mol. The van der Waals surface area contributed by atoms with Crippen molar-refractivity contribution in [2.24, 2.45) is 0 Å². The van der Waals surface area contributed by atoms with Crippen LogP contribution in [0.15, 0.2) is 19.5 Å². The zero-order chi connectivity index (χ0) is 16.8. The van der Waals surface area contributed by atoms with Crippen LogP contribution in [-0.2, 0) is 6.61 Å². The van der Waals surface area contributed by atoms with Crippen molar-refractivity contribution in [2.75, 3.05) is 0 Å². The molecule has 0 aliphatic rings. The molecule has 5 nitrogen and oxygen atoms in total. The van der Waals surface area contributed by atoms with Crippen molar-refractivity contribution in [3.8, 4) is 34.1 Å². The molecule has 0 heterocycles. The summed E-state index contributed by atoms with van der Waals surface area (Å²) in [6.07, 6.45) is 0. The Morgan fingerprint density at radius 3 is 2.00 bits per heavy atom. The Hall–Kier alpha value is -0.960. The Labute approximate surface area is 151 Å². The lowest BCUT2D eigenvalue weighted by atomic mass is 9.94. The molecule has 0 spiro atoms. The molecule has 0 saturated carbocycles. The highest BCUT2D eigenvalue weighted by Crippen LogP contribution is 2.51. The topological polar surface area (TPSA) is 101 Å². The molecule has 2 aromatic carbocycles. The second-order valence-corrected chi connectivity index (χ2v) is 6.95. The number of hydrogen-bond acceptors (Lipinski definition) is 5. The first-order valence-electron chi connectivity index (χ1n) is 5.96. The lowest BCUT2D eigenvalue weighted by molar-refractivity contribution is 0.280. The Bertz CT molecular complexity index is 774. The number of phenolic OH excluding ortho intramolecular Hbond substituents is 4. The molecular weight excluding hydrogens is 488 g/mol. The van der Waals surface area contributed by atoms with Crippen molar-refractivity contribution in [3.05, 3.63) is 30.6 Å². The highest BCUT2D eigenvalue weighted by Gasteiger charge is 2.24. The van der Waals surface area contributed by atoms with E-state index in [9.17, 15) is 25.5 Å². The van der Waals surface area contributed by atoms with Crippen LogP contribution in [0, 0.1) is 6.92 Å². The number of rotatable bonds is 2. The Kier molecular flexibility index (Phi) is 4.96. The van der Waals surface area contributed by atoms with E-state index < -0.39 is 0 Å². The monoisotopic (exact) mass is 496 g/mol. The lowest BCUT2D eigenvalue weighted by Crippen LogP contribution is -1.98. The van der Waals surface area contributed by atoms with Crippen LogP contribution in [0.3, 0.4) is 0 Å². The SMILES string of the molecule is Cc1c(O)c(O)c(Br)c(-c2cc(O)c(O)c(Br)c2Br)c1CO. The van der Waals surface area contributed by atoms with Crippen LogP contribution >= 0.6 is 47.8 Å². The van der Waals surface area contributed by atoms with Crippen molar-refractivity contribution in [1.29, 1.82) is 0 Å². The van der Waals surface area contributed by atoms with Gasteiger partial charge in [0, 0.05) is 21.2 Å². The summed E-state index contributed by atoms with van der Waals surface area (Å²) in [7, 11) is 0. The summed E-state index contributed by atoms with van der Waals surface area (Å²) in [4.78, 5) is 0. The molecule has 0 fully saturated rings. The van der Waals surface area contributed by atoms with E-state index in [4.69, 9.17) is 0 Å². The molecule has 0 aliphatic carbocycles. The molecule has 2 rings (SSSR count). The van der Waals surface area contributed by atoms with E-state index in [0.29, 0.717) is 26.7 Å². The highest BCUT2D eigenvalue weighted by atomic mass is 79.9. The van der Waals surface area contributed by atoms with Crippen molar-refractivity contribution in [2.45, 2.75) is 13.5 Å². The highest BCUT2D eigenvalue weighted by molar-refractivity contribution is 9.13. The maximum atomic E-state index is 10.0. The number of hydrogen-bond donors (Lipinski definition) is 5. The lowest BCUT2D eigenvalue weighted by Gasteiger charge is -2.18. The average Bonchev–Trinajstić information content (AvgIpc) is 2.50. The molecule has 0 unspecified atom stereocenters. The van der Waals surface area contributed by atoms with Gasteiger partial charge in [0.1, 0.15) is 0 Å². The largest absolute Gasteiger partial charge is 0.504 e. The van der Waals surface area contributed by atoms with Gasteiger partial charge in [-0.3, -0.25) is 0 Å². The van der Waals surface area contributed by atoms with Gasteiger partial charge in [0.05, 0.1) is 15.6 Å². The zero-order valence-electron chi connectivity index (χ0n) is 11.2. The Morgan fingerprint density at radius 1 is 0.864 bits per heavy atom. The van der Waals surface area contributed by atoms with Gasteiger partial charge in [0.2, 0.25) is 0 Å². The van der Waals surface area contributed by atoms with E-state index in [0.717, 1.165) is 0 Å². The van der Waals surface area contributed by atoms with Gasteiger partial charge in [-0.2, -0.15) is 0 Å². The van der Waals surface area contributed by atoms with Crippen LogP contribution in [0.4, 0.5) is 0 Å². The van der Waals surface area contributed by atoms with Gasteiger partial charge in [-0.1, -0.05) is 0 Å². The Morgan fingerprint density at radius 2 is 1.45 bits per heavy atom. The molecule has 0 atom stereocenters. The summed E-state index contributed by atoms with van der Waals surface area (Å²) < 4.78 is 0.809. The summed E-state index contributed by atoms with van der Waals surface area (Å²) in [5, 5.41) is 49.1. The third kappa shape index (κ3) is 2.58. The molecule has 0 amide bonds. The molecule has 2 aromatic rings. The van der Waals surface area contributed by atoms with Crippen molar-refractivity contribution in [1.82, 2.24) is 0 Å². The summed E-state index contributed by atoms with van der Waals surface area (Å²) in [5.74, 6) is -1.42. The number of aliphatic hydroxyl groups excluding tert-OH is 1. The second kappa shape index (κ2) is 6.27. The van der Waals surface area contributed by atoms with E-state index in [2.05, 4.69) is 47.8 Å². The number of aliphatic hydroxyl groups is 1. The van der Waals surface area contributed by atoms with Gasteiger partial charge < -0.3 is 25.5 Å². The summed E-state index contributed by atoms with van der Waals surface area (Å²) in [5.41, 5.74) is 1.49. The van der Waals surface area contributed by atoms with Crippen LogP contribution in [0.2, 0.25) is 0 Å². The second-order valence-electron chi connectivity index (χ2n) is 4.57. The van der Waals surface area contributed by atoms with Crippen LogP contribution in [0.5, 0.6) is 23.0 Å². The molecule has 8 heteroatoms. The van der Waals surface area contributed by atoms with Crippen molar-refractivity contribution >= 4 is 47.8 Å². The minimum atomic E-state index is -0.390. The van der Waals surface area contributed by atoms with Gasteiger partial charge in [0.15, 0.2) is 23.0 Å². The third-order valence-corrected chi connectivity index (χ3v) is 6.25. The summed E-state index contributed by atoms with van der Waals surface area (Å²) >= 11 is 9.65. The normalized spacial score (nSPS) is 11.0. The molecule has 0 aliphatic heterocycles. The maximum Gasteiger partial charge on any atom is 0.173 e. The van der Waals surface area contributed by atoms with Gasteiger partial charge in [-0.05, 0) is 66.3 Å². The summed E-state index contributed by atoms with van der Waals surface area (Å²) in [6.45, 7) is 1.17. The van der Waals surface area contributed by atoms with E-state index in [1.165, 1.54) is 6.07 Å². The van der Waals surface area contributed by atoms with Gasteiger partial charge in [-0.15, -0.1) is 0 Å². The first kappa shape index (κ1) is 17.4. The minimum Gasteiger partial charge on any atom is -0.504 e. The fourth-order valence-corrected chi connectivity index (χ4v) is 3.68. The van der Waals surface area contributed by atoms with Gasteiger partial charge in [0.25, 0.3) is 0 Å². The van der Waals surface area contributed by atoms with Crippen LogP contribution in [-0.4, -0.2) is 25.5 Å². The maximum absolute atomic E-state index is 10.0. The van der Waals surface area contributed by atoms with Crippen LogP contribution in [0.25, 0.3) is 11.1 Å². The molecule has 22 heavy (non-hydrogen) atoms. The molecular formula is C14H11Br3O5. The first-order chi connectivity index (χ1) is 10.2. The number of phenols is 4.